The smallest absolute Gasteiger partial charge is 0.253 e. The number of nitrogens with two attached hydrogens (primary N) is 1. The monoisotopic (exact) mass is 499 g/mol. The Hall–Kier alpha value is -4.50. The highest BCUT2D eigenvalue weighted by molar-refractivity contribution is 6.31. The zero-order chi connectivity index (χ0) is 25.1. The van der Waals surface area contributed by atoms with Crippen LogP contribution in [0.25, 0.3) is 10.9 Å². The Kier molecular flexibility index (Phi) is 6.46. The lowest BCUT2D eigenvalue weighted by Gasteiger charge is -2.10. The minimum atomic E-state index is -0.265. The van der Waals surface area contributed by atoms with Crippen LogP contribution < -0.4 is 16.6 Å². The van der Waals surface area contributed by atoms with Crippen molar-refractivity contribution in [1.29, 1.82) is 0 Å². The molecule has 0 aliphatic rings. The first-order valence-electron chi connectivity index (χ1n) is 11.2. The van der Waals surface area contributed by atoms with E-state index in [4.69, 9.17) is 17.3 Å². The molecular weight excluding hydrogens is 478 g/mol. The molecule has 0 spiro atoms. The van der Waals surface area contributed by atoms with E-state index in [0.29, 0.717) is 35.1 Å². The second kappa shape index (κ2) is 10.0. The first kappa shape index (κ1) is 23.3. The summed E-state index contributed by atoms with van der Waals surface area (Å²) >= 11 is 6.09. The summed E-state index contributed by atoms with van der Waals surface area (Å²) in [5.41, 5.74) is 10.3. The normalized spacial score (nSPS) is 11.0. The summed E-state index contributed by atoms with van der Waals surface area (Å²) < 4.78 is 1.57. The quantitative estimate of drug-likeness (QED) is 0.315. The second-order valence-corrected chi connectivity index (χ2v) is 8.75. The first-order valence-corrected chi connectivity index (χ1v) is 11.6. The van der Waals surface area contributed by atoms with Crippen molar-refractivity contribution < 1.29 is 4.79 Å². The van der Waals surface area contributed by atoms with Crippen molar-refractivity contribution in [2.75, 3.05) is 5.73 Å². The van der Waals surface area contributed by atoms with Crippen LogP contribution in [-0.2, 0) is 19.5 Å². The zero-order valence-corrected chi connectivity index (χ0v) is 19.9. The van der Waals surface area contributed by atoms with Crippen LogP contribution in [0.3, 0.4) is 0 Å². The summed E-state index contributed by atoms with van der Waals surface area (Å²) in [7, 11) is 0. The zero-order valence-electron chi connectivity index (χ0n) is 19.1. The van der Waals surface area contributed by atoms with Gasteiger partial charge < -0.3 is 15.6 Å². The molecule has 9 nitrogen and oxygen atoms in total. The number of nitrogens with one attached hydrogen (secondary N) is 2. The molecule has 0 radical (unpaired) electrons. The molecule has 10 heteroatoms. The number of hydrogen-bond donors (Lipinski definition) is 3. The van der Waals surface area contributed by atoms with Crippen LogP contribution in [-0.4, -0.2) is 30.6 Å². The van der Waals surface area contributed by atoms with Crippen LogP contribution in [0.2, 0.25) is 5.02 Å². The summed E-state index contributed by atoms with van der Waals surface area (Å²) in [5, 5.41) is 11.5. The van der Waals surface area contributed by atoms with Gasteiger partial charge in [-0.1, -0.05) is 23.7 Å². The van der Waals surface area contributed by atoms with Crippen LogP contribution >= 0.6 is 11.6 Å². The number of halogens is 1. The van der Waals surface area contributed by atoms with Gasteiger partial charge in [0.25, 0.3) is 11.5 Å². The molecule has 0 fully saturated rings. The molecule has 0 bridgehead atoms. The predicted octanol–water partition coefficient (Wildman–Crippen LogP) is 3.32. The first-order chi connectivity index (χ1) is 17.5. The van der Waals surface area contributed by atoms with Gasteiger partial charge in [0, 0.05) is 52.7 Å². The number of hydrogen-bond acceptors (Lipinski definition) is 6. The van der Waals surface area contributed by atoms with E-state index in [1.54, 1.807) is 41.2 Å². The molecule has 0 unspecified atom stereocenters. The van der Waals surface area contributed by atoms with Crippen molar-refractivity contribution in [3.05, 3.63) is 117 Å². The number of nitrogens with zero attached hydrogens (tertiary/aromatic N) is 4. The highest BCUT2D eigenvalue weighted by Crippen LogP contribution is 2.21. The van der Waals surface area contributed by atoms with Gasteiger partial charge in [-0.3, -0.25) is 19.7 Å². The number of benzene rings is 1. The summed E-state index contributed by atoms with van der Waals surface area (Å²) in [6.07, 6.45) is 5.37. The number of aromatic amines is 1. The predicted molar refractivity (Wildman–Crippen MR) is 138 cm³/mol. The Morgan fingerprint density at radius 2 is 2.00 bits per heavy atom. The molecular formula is C26H22ClN7O2. The maximum absolute atomic E-state index is 12.8. The number of carbonyl (C=O) groups excluding carboxylic acids is 1. The van der Waals surface area contributed by atoms with Gasteiger partial charge in [-0.05, 0) is 42.0 Å². The molecule has 4 heterocycles. The summed E-state index contributed by atoms with van der Waals surface area (Å²) in [6, 6.07) is 15.9. The molecule has 5 rings (SSSR count). The van der Waals surface area contributed by atoms with Crippen molar-refractivity contribution in [1.82, 2.24) is 30.0 Å². The average molecular weight is 500 g/mol. The number of aromatic nitrogens is 5. The lowest BCUT2D eigenvalue weighted by atomic mass is 10.1. The van der Waals surface area contributed by atoms with E-state index in [-0.39, 0.29) is 18.0 Å². The Balaban J connectivity index is 1.26. The van der Waals surface area contributed by atoms with E-state index >= 15 is 0 Å². The molecule has 0 saturated heterocycles. The fraction of sp³-hybridized carbons (Fsp3) is 0.115. The Morgan fingerprint density at radius 3 is 2.83 bits per heavy atom. The van der Waals surface area contributed by atoms with Gasteiger partial charge in [-0.15, -0.1) is 0 Å². The number of fused-ring (bicyclic) bond motifs is 1. The molecule has 36 heavy (non-hydrogen) atoms. The highest BCUT2D eigenvalue weighted by atomic mass is 35.5. The molecule has 1 amide bonds. The second-order valence-electron chi connectivity index (χ2n) is 8.32. The van der Waals surface area contributed by atoms with Crippen molar-refractivity contribution >= 4 is 34.2 Å². The number of anilines is 1. The van der Waals surface area contributed by atoms with E-state index in [2.05, 4.69) is 25.5 Å². The van der Waals surface area contributed by atoms with Gasteiger partial charge >= 0.3 is 0 Å². The van der Waals surface area contributed by atoms with Gasteiger partial charge in [0.05, 0.1) is 29.9 Å². The van der Waals surface area contributed by atoms with E-state index in [1.807, 2.05) is 24.3 Å². The van der Waals surface area contributed by atoms with Crippen molar-refractivity contribution in [2.45, 2.75) is 19.5 Å². The van der Waals surface area contributed by atoms with E-state index in [9.17, 15) is 9.59 Å². The topological polar surface area (TPSA) is 132 Å². The van der Waals surface area contributed by atoms with Gasteiger partial charge in [-0.2, -0.15) is 5.10 Å². The highest BCUT2D eigenvalue weighted by Gasteiger charge is 2.12. The third-order valence-corrected chi connectivity index (χ3v) is 6.01. The molecule has 0 aliphatic carbocycles. The van der Waals surface area contributed by atoms with E-state index in [1.165, 1.54) is 12.3 Å². The minimum absolute atomic E-state index is 0.105. The van der Waals surface area contributed by atoms with Crippen molar-refractivity contribution in [3.63, 3.8) is 0 Å². The fourth-order valence-corrected chi connectivity index (χ4v) is 4.08. The third-order valence-electron chi connectivity index (χ3n) is 5.77. The van der Waals surface area contributed by atoms with Crippen molar-refractivity contribution in [2.24, 2.45) is 0 Å². The lowest BCUT2D eigenvalue weighted by Crippen LogP contribution is -2.23. The van der Waals surface area contributed by atoms with Gasteiger partial charge in [0.1, 0.15) is 5.82 Å². The number of carbonyl (C=O) groups is 1. The van der Waals surface area contributed by atoms with Crippen LogP contribution in [0.4, 0.5) is 5.82 Å². The Labute approximate surface area is 211 Å². The Morgan fingerprint density at radius 1 is 1.11 bits per heavy atom. The minimum Gasteiger partial charge on any atom is -0.383 e. The summed E-state index contributed by atoms with van der Waals surface area (Å²) in [4.78, 5) is 33.4. The van der Waals surface area contributed by atoms with Gasteiger partial charge in [-0.25, -0.2) is 4.98 Å². The molecule has 180 valence electrons. The molecule has 1 aromatic carbocycles. The lowest BCUT2D eigenvalue weighted by molar-refractivity contribution is 0.0950. The number of amides is 1. The van der Waals surface area contributed by atoms with Gasteiger partial charge in [0.2, 0.25) is 0 Å². The van der Waals surface area contributed by atoms with E-state index < -0.39 is 0 Å². The van der Waals surface area contributed by atoms with Crippen LogP contribution in [0, 0.1) is 0 Å². The van der Waals surface area contributed by atoms with Crippen LogP contribution in [0.15, 0.2) is 78.0 Å². The van der Waals surface area contributed by atoms with Crippen LogP contribution in [0.1, 0.15) is 32.9 Å². The molecule has 0 atom stereocenters. The summed E-state index contributed by atoms with van der Waals surface area (Å²) in [5.74, 6) is 0.0927. The molecule has 4 N–H and O–H groups in total. The number of pyridine rings is 3. The number of nitrogen functional groups attached to an aromatic ring is 1. The Bertz CT molecular complexity index is 1630. The fourth-order valence-electron chi connectivity index (χ4n) is 3.91. The number of H-pyrrole nitrogens is 1. The molecule has 0 saturated carbocycles. The van der Waals surface area contributed by atoms with Crippen LogP contribution in [0.5, 0.6) is 0 Å². The summed E-state index contributed by atoms with van der Waals surface area (Å²) in [6.45, 7) is 0.584. The molecule has 5 aromatic rings. The molecule has 0 aliphatic heterocycles. The number of rotatable bonds is 7. The maximum atomic E-state index is 12.8. The average Bonchev–Trinajstić information content (AvgIpc) is 3.27. The largest absolute Gasteiger partial charge is 0.383 e. The third kappa shape index (κ3) is 5.11. The van der Waals surface area contributed by atoms with Crippen molar-refractivity contribution in [3.8, 4) is 0 Å². The van der Waals surface area contributed by atoms with Gasteiger partial charge in [0.15, 0.2) is 0 Å². The SMILES string of the molecule is Nc1nc(Cc2cncc(C(=O)NCc3n[nH]c4ccc(Cl)cc34)c2)ccc1Cn1ccccc1=O. The standard InChI is InChI=1S/C26H22ClN7O2/c27-19-5-7-22-21(11-19)23(33-32-22)14-30-26(36)18-9-16(12-29-13-18)10-20-6-4-17(25(28)31-20)15-34-8-2-1-3-24(34)35/h1-9,11-13H,10,14-15H2,(H2,28,31)(H,30,36)(H,32,33). The molecule has 4 aromatic heterocycles. The maximum Gasteiger partial charge on any atom is 0.253 e. The van der Waals surface area contributed by atoms with E-state index in [0.717, 1.165) is 27.7 Å².